The van der Waals surface area contributed by atoms with Crippen molar-refractivity contribution in [3.63, 3.8) is 0 Å². The Hall–Kier alpha value is -2.29. The van der Waals surface area contributed by atoms with Crippen LogP contribution in [0.2, 0.25) is 5.02 Å². The van der Waals surface area contributed by atoms with Crippen LogP contribution in [0.15, 0.2) is 36.4 Å². The number of nitrogens with zero attached hydrogens (tertiary/aromatic N) is 1. The number of carbonyl (C=O) groups is 1. The number of aryl methyl sites for hydroxylation is 1. The second-order valence-corrected chi connectivity index (χ2v) is 14.9. The van der Waals surface area contributed by atoms with Gasteiger partial charge < -0.3 is 14.7 Å². The molecule has 9 heteroatoms. The number of nitrogens with one attached hydrogen (secondary N) is 1. The molecule has 0 unspecified atom stereocenters. The van der Waals surface area contributed by atoms with Crippen molar-refractivity contribution < 1.29 is 23.1 Å². The highest BCUT2D eigenvalue weighted by molar-refractivity contribution is 7.90. The van der Waals surface area contributed by atoms with Crippen molar-refractivity contribution >= 4 is 33.2 Å². The Kier molecular flexibility index (Phi) is 7.33. The van der Waals surface area contributed by atoms with Crippen LogP contribution in [0.3, 0.4) is 0 Å². The van der Waals surface area contributed by atoms with Crippen molar-refractivity contribution in [2.24, 2.45) is 11.3 Å². The fraction of sp³-hybridized carbons (Fsp3) is 0.581. The predicted octanol–water partition coefficient (Wildman–Crippen LogP) is 5.22. The Bertz CT molecular complexity index is 1410. The van der Waals surface area contributed by atoms with Crippen LogP contribution in [0.4, 0.5) is 5.69 Å². The van der Waals surface area contributed by atoms with Gasteiger partial charge in [-0.05, 0) is 97.7 Å². The summed E-state index contributed by atoms with van der Waals surface area (Å²) in [7, 11) is -3.76. The van der Waals surface area contributed by atoms with Gasteiger partial charge in [0.05, 0.1) is 24.2 Å². The molecular weight excluding hydrogens is 548 g/mol. The molecule has 40 heavy (non-hydrogen) atoms. The first kappa shape index (κ1) is 27.9. The molecule has 2 bridgehead atoms. The number of amides is 1. The number of sulfonamides is 1. The summed E-state index contributed by atoms with van der Waals surface area (Å²) in [5.41, 5.74) is 3.18. The number of aliphatic hydroxyl groups excluding tert-OH is 1. The van der Waals surface area contributed by atoms with Crippen LogP contribution in [-0.4, -0.2) is 51.0 Å². The molecule has 2 aromatic rings. The van der Waals surface area contributed by atoms with Crippen molar-refractivity contribution in [3.05, 3.63) is 58.1 Å². The molecular formula is C31H39ClN2O5S. The molecule has 4 atom stereocenters. The van der Waals surface area contributed by atoms with Gasteiger partial charge in [0.1, 0.15) is 5.75 Å². The number of benzene rings is 2. The van der Waals surface area contributed by atoms with Gasteiger partial charge in [-0.15, -0.1) is 0 Å². The van der Waals surface area contributed by atoms with E-state index in [9.17, 15) is 18.3 Å². The maximum absolute atomic E-state index is 13.1. The van der Waals surface area contributed by atoms with Crippen molar-refractivity contribution in [2.75, 3.05) is 30.3 Å². The largest absolute Gasteiger partial charge is 0.490 e. The molecule has 2 aromatic carbocycles. The number of hydrogen-bond donors (Lipinski definition) is 2. The molecule has 1 fully saturated rings. The van der Waals surface area contributed by atoms with Crippen LogP contribution >= 0.6 is 11.6 Å². The maximum atomic E-state index is 13.1. The highest BCUT2D eigenvalue weighted by Crippen LogP contribution is 2.52. The van der Waals surface area contributed by atoms with E-state index in [0.717, 1.165) is 55.8 Å². The molecule has 6 rings (SSSR count). The van der Waals surface area contributed by atoms with Crippen LogP contribution in [0.5, 0.6) is 5.75 Å². The lowest BCUT2D eigenvalue weighted by Gasteiger charge is -2.53. The van der Waals surface area contributed by atoms with Crippen LogP contribution < -0.4 is 14.4 Å². The lowest BCUT2D eigenvalue weighted by atomic mass is 9.57. The van der Waals surface area contributed by atoms with E-state index >= 15 is 0 Å². The number of aliphatic hydroxyl groups is 1. The van der Waals surface area contributed by atoms with Crippen LogP contribution in [0.25, 0.3) is 0 Å². The fourth-order valence-electron chi connectivity index (χ4n) is 7.45. The molecule has 0 saturated heterocycles. The van der Waals surface area contributed by atoms with Crippen LogP contribution in [0.1, 0.15) is 79.8 Å². The molecule has 216 valence electrons. The third-order valence-corrected chi connectivity index (χ3v) is 11.7. The average Bonchev–Trinajstić information content (AvgIpc) is 3.06. The van der Waals surface area contributed by atoms with E-state index < -0.39 is 22.0 Å². The average molecular weight is 587 g/mol. The van der Waals surface area contributed by atoms with E-state index in [1.807, 2.05) is 6.07 Å². The minimum atomic E-state index is -3.76. The zero-order valence-electron chi connectivity index (χ0n) is 23.1. The number of carbonyl (C=O) groups excluding carboxylic acids is 1. The smallest absolute Gasteiger partial charge is 0.264 e. The monoisotopic (exact) mass is 586 g/mol. The van der Waals surface area contributed by atoms with Gasteiger partial charge in [0.25, 0.3) is 5.91 Å². The second kappa shape index (κ2) is 10.5. The van der Waals surface area contributed by atoms with Gasteiger partial charge in [0, 0.05) is 29.1 Å². The van der Waals surface area contributed by atoms with Crippen molar-refractivity contribution in [1.82, 2.24) is 4.72 Å². The number of fused-ring (bicyclic) bond motifs is 4. The van der Waals surface area contributed by atoms with Gasteiger partial charge in [-0.2, -0.15) is 0 Å². The summed E-state index contributed by atoms with van der Waals surface area (Å²) in [6.07, 6.45) is 7.13. The molecule has 1 saturated carbocycles. The number of halogens is 1. The normalized spacial score (nSPS) is 32.1. The molecule has 2 aliphatic carbocycles. The molecule has 7 nitrogen and oxygen atoms in total. The number of ether oxygens (including phenoxy) is 1. The predicted molar refractivity (Wildman–Crippen MR) is 157 cm³/mol. The summed E-state index contributed by atoms with van der Waals surface area (Å²) in [6, 6.07) is 11.4. The standard InChI is InChI=1S/C31H39ClN2O5S/c1-30-14-12-23(30)18-34-19-31(13-5-6-21-16-24(32)9-10-25(21)31)20-39-27-11-8-22(17-26(27)34)29(36)33-40(37,38)15-4-2-3-7-28(30)35/h8-11,16-17,23,28,35H,2-7,12-15,18-20H2,1H3,(H,33,36)/t23-,28+,30+,31-/m0/s1. The maximum Gasteiger partial charge on any atom is 0.264 e. The molecule has 4 aliphatic rings. The molecule has 2 N–H and O–H groups in total. The molecule has 1 amide bonds. The van der Waals surface area contributed by atoms with Gasteiger partial charge in [-0.1, -0.05) is 37.4 Å². The molecule has 2 aliphatic heterocycles. The third-order valence-electron chi connectivity index (χ3n) is 10.1. The Morgan fingerprint density at radius 3 is 2.73 bits per heavy atom. The lowest BCUT2D eigenvalue weighted by Crippen LogP contribution is -2.54. The molecule has 2 heterocycles. The Morgan fingerprint density at radius 2 is 1.93 bits per heavy atom. The molecule has 0 radical (unpaired) electrons. The Morgan fingerprint density at radius 1 is 1.07 bits per heavy atom. The quantitative estimate of drug-likeness (QED) is 0.439. The first-order chi connectivity index (χ1) is 19.1. The van der Waals surface area contributed by atoms with Gasteiger partial charge in [0.15, 0.2) is 0 Å². The van der Waals surface area contributed by atoms with E-state index in [2.05, 4.69) is 28.7 Å². The Labute approximate surface area is 242 Å². The summed E-state index contributed by atoms with van der Waals surface area (Å²) < 4.78 is 34.1. The van der Waals surface area contributed by atoms with Crippen molar-refractivity contribution in [2.45, 2.75) is 76.2 Å². The summed E-state index contributed by atoms with van der Waals surface area (Å²) in [6.45, 7) is 4.15. The van der Waals surface area contributed by atoms with Gasteiger partial charge in [-0.3, -0.25) is 4.79 Å². The minimum absolute atomic E-state index is 0.110. The number of rotatable bonds is 0. The summed E-state index contributed by atoms with van der Waals surface area (Å²) >= 11 is 6.38. The molecule has 1 spiro atoms. The zero-order chi connectivity index (χ0) is 28.1. The van der Waals surface area contributed by atoms with Crippen molar-refractivity contribution in [3.8, 4) is 5.75 Å². The number of anilines is 1. The zero-order valence-corrected chi connectivity index (χ0v) is 24.7. The van der Waals surface area contributed by atoms with E-state index in [1.54, 1.807) is 18.2 Å². The number of hydrogen-bond acceptors (Lipinski definition) is 6. The molecule has 0 aromatic heterocycles. The first-order valence-electron chi connectivity index (χ1n) is 14.6. The van der Waals surface area contributed by atoms with Gasteiger partial charge in [-0.25, -0.2) is 13.1 Å². The lowest BCUT2D eigenvalue weighted by molar-refractivity contribution is -0.0757. The fourth-order valence-corrected chi connectivity index (χ4v) is 8.73. The highest BCUT2D eigenvalue weighted by Gasteiger charge is 2.49. The van der Waals surface area contributed by atoms with Gasteiger partial charge in [0.2, 0.25) is 10.0 Å². The minimum Gasteiger partial charge on any atom is -0.490 e. The van der Waals surface area contributed by atoms with E-state index in [-0.39, 0.29) is 16.6 Å². The third kappa shape index (κ3) is 5.12. The first-order valence-corrected chi connectivity index (χ1v) is 16.7. The highest BCUT2D eigenvalue weighted by atomic mass is 35.5. The Balaban J connectivity index is 1.42. The topological polar surface area (TPSA) is 95.9 Å². The van der Waals surface area contributed by atoms with Crippen molar-refractivity contribution in [1.29, 1.82) is 0 Å². The SMILES string of the molecule is C[C@@]12CC[C@H]1CN1C[C@@]3(CCCc4cc(Cl)ccc43)COc3ccc(cc31)C(=O)NS(=O)(=O)CCCCC[C@H]2O. The summed E-state index contributed by atoms with van der Waals surface area (Å²) in [5.74, 6) is 0.265. The van der Waals surface area contributed by atoms with E-state index in [0.29, 0.717) is 49.6 Å². The van der Waals surface area contributed by atoms with E-state index in [1.165, 1.54) is 11.1 Å². The van der Waals surface area contributed by atoms with Crippen LogP contribution in [0, 0.1) is 11.3 Å². The summed E-state index contributed by atoms with van der Waals surface area (Å²) in [4.78, 5) is 15.5. The second-order valence-electron chi connectivity index (χ2n) is 12.6. The summed E-state index contributed by atoms with van der Waals surface area (Å²) in [5, 5.41) is 12.0. The van der Waals surface area contributed by atoms with Crippen LogP contribution in [-0.2, 0) is 21.9 Å². The van der Waals surface area contributed by atoms with E-state index in [4.69, 9.17) is 16.3 Å². The van der Waals surface area contributed by atoms with Gasteiger partial charge >= 0.3 is 0 Å².